The van der Waals surface area contributed by atoms with Crippen molar-refractivity contribution in [3.63, 3.8) is 0 Å². The van der Waals surface area contributed by atoms with E-state index in [1.807, 2.05) is 37.8 Å². The Balaban J connectivity index is 1.79. The second kappa shape index (κ2) is 7.18. The maximum atomic E-state index is 12.7. The quantitative estimate of drug-likeness (QED) is 0.628. The lowest BCUT2D eigenvalue weighted by atomic mass is 10.1. The van der Waals surface area contributed by atoms with Gasteiger partial charge in [-0.25, -0.2) is 4.68 Å². The van der Waals surface area contributed by atoms with Crippen LogP contribution in [0.2, 0.25) is 0 Å². The normalized spacial score (nSPS) is 19.9. The highest BCUT2D eigenvalue weighted by Crippen LogP contribution is 2.25. The Bertz CT molecular complexity index is 1100. The van der Waals surface area contributed by atoms with Crippen molar-refractivity contribution in [2.75, 3.05) is 18.0 Å². The number of hydrogen-bond acceptors (Lipinski definition) is 5. The number of anilines is 1. The molecule has 7 nitrogen and oxygen atoms in total. The molecule has 1 aliphatic rings. The van der Waals surface area contributed by atoms with E-state index in [1.165, 1.54) is 0 Å². The summed E-state index contributed by atoms with van der Waals surface area (Å²) in [5, 5.41) is 5.07. The largest absolute Gasteiger partial charge is 0.368 e. The summed E-state index contributed by atoms with van der Waals surface area (Å²) in [6.45, 7) is 11.1. The van der Waals surface area contributed by atoms with Crippen LogP contribution in [0.25, 0.3) is 16.7 Å². The highest BCUT2D eigenvalue weighted by molar-refractivity contribution is 9.10. The van der Waals surface area contributed by atoms with Gasteiger partial charge in [0.15, 0.2) is 5.65 Å². The van der Waals surface area contributed by atoms with Crippen LogP contribution in [0.3, 0.4) is 0 Å². The molecule has 1 aromatic carbocycles. The lowest BCUT2D eigenvalue weighted by Crippen LogP contribution is -2.47. The van der Waals surface area contributed by atoms with E-state index in [1.54, 1.807) is 17.0 Å². The lowest BCUT2D eigenvalue weighted by molar-refractivity contribution is 0.00990. The van der Waals surface area contributed by atoms with Gasteiger partial charge in [-0.1, -0.05) is 22.0 Å². The average Bonchev–Trinajstić information content (AvgIpc) is 3.04. The minimum atomic E-state index is -0.201. The first-order valence-electron chi connectivity index (χ1n) is 9.15. The lowest BCUT2D eigenvalue weighted by Gasteiger charge is -2.35. The molecule has 0 bridgehead atoms. The molecule has 3 heterocycles. The number of ether oxygens (including phenoxy) is 1. The molecule has 2 unspecified atom stereocenters. The van der Waals surface area contributed by atoms with Crippen LogP contribution in [0.15, 0.2) is 40.3 Å². The number of aryl methyl sites for hydroxylation is 2. The van der Waals surface area contributed by atoms with Gasteiger partial charge in [-0.3, -0.25) is 9.78 Å². The predicted molar refractivity (Wildman–Crippen MR) is 113 cm³/mol. The van der Waals surface area contributed by atoms with Gasteiger partial charge in [0, 0.05) is 17.2 Å². The highest BCUT2D eigenvalue weighted by atomic mass is 79.9. The Hall–Kier alpha value is -2.45. The Morgan fingerprint density at radius 1 is 1.32 bits per heavy atom. The SMILES string of the molecule is C=CC1CN(c2nc3nn(-c4c(C)cc(Br)cc4C)cc3c(=O)[nH]2)CC(C)O1. The summed E-state index contributed by atoms with van der Waals surface area (Å²) in [6, 6.07) is 4.06. The number of fused-ring (bicyclic) bond motifs is 1. The van der Waals surface area contributed by atoms with Gasteiger partial charge in [-0.15, -0.1) is 11.7 Å². The molecule has 0 spiro atoms. The number of halogens is 1. The standard InChI is InChI=1S/C20H22BrN5O2/c1-5-15-9-25(8-13(4)28-15)20-22-18-16(19(27)23-20)10-26(24-18)17-11(2)6-14(21)7-12(17)3/h5-7,10,13,15H,1,8-9H2,2-4H3,(H,22,23,24,27). The van der Waals surface area contributed by atoms with Crippen LogP contribution in [0, 0.1) is 13.8 Å². The molecule has 0 saturated carbocycles. The van der Waals surface area contributed by atoms with Crippen molar-refractivity contribution in [2.45, 2.75) is 33.0 Å². The van der Waals surface area contributed by atoms with Crippen molar-refractivity contribution < 1.29 is 4.74 Å². The molecular formula is C20H22BrN5O2. The van der Waals surface area contributed by atoms with E-state index in [0.29, 0.717) is 30.1 Å². The molecule has 0 radical (unpaired) electrons. The number of aromatic nitrogens is 4. The van der Waals surface area contributed by atoms with Crippen molar-refractivity contribution in [3.05, 3.63) is 56.9 Å². The van der Waals surface area contributed by atoms with E-state index < -0.39 is 0 Å². The molecule has 8 heteroatoms. The molecule has 4 rings (SSSR count). The number of hydrogen-bond donors (Lipinski definition) is 1. The molecule has 0 aliphatic carbocycles. The summed E-state index contributed by atoms with van der Waals surface area (Å²) in [7, 11) is 0. The van der Waals surface area contributed by atoms with Gasteiger partial charge in [-0.05, 0) is 44.0 Å². The van der Waals surface area contributed by atoms with E-state index in [-0.39, 0.29) is 17.8 Å². The minimum absolute atomic E-state index is 0.0170. The molecular weight excluding hydrogens is 422 g/mol. The molecule has 0 amide bonds. The summed E-state index contributed by atoms with van der Waals surface area (Å²) >= 11 is 3.52. The van der Waals surface area contributed by atoms with E-state index >= 15 is 0 Å². The molecule has 2 atom stereocenters. The number of nitrogens with zero attached hydrogens (tertiary/aromatic N) is 4. The fourth-order valence-electron chi connectivity index (χ4n) is 3.72. The summed E-state index contributed by atoms with van der Waals surface area (Å²) in [4.78, 5) is 22.2. The van der Waals surface area contributed by atoms with Crippen molar-refractivity contribution in [2.24, 2.45) is 0 Å². The van der Waals surface area contributed by atoms with Crippen LogP contribution in [0.1, 0.15) is 18.1 Å². The first-order valence-corrected chi connectivity index (χ1v) is 9.95. The van der Waals surface area contributed by atoms with Gasteiger partial charge in [0.2, 0.25) is 5.95 Å². The summed E-state index contributed by atoms with van der Waals surface area (Å²) in [6.07, 6.45) is 3.43. The topological polar surface area (TPSA) is 76.0 Å². The van der Waals surface area contributed by atoms with Crippen molar-refractivity contribution in [3.8, 4) is 5.69 Å². The average molecular weight is 444 g/mol. The number of nitrogens with one attached hydrogen (secondary N) is 1. The van der Waals surface area contributed by atoms with Crippen LogP contribution in [-0.4, -0.2) is 45.0 Å². The number of rotatable bonds is 3. The molecule has 3 aromatic rings. The van der Waals surface area contributed by atoms with E-state index in [0.717, 1.165) is 21.3 Å². The van der Waals surface area contributed by atoms with Gasteiger partial charge in [0.25, 0.3) is 5.56 Å². The molecule has 28 heavy (non-hydrogen) atoms. The van der Waals surface area contributed by atoms with E-state index in [4.69, 9.17) is 4.74 Å². The molecule has 1 fully saturated rings. The third-order valence-corrected chi connectivity index (χ3v) is 5.37. The fourth-order valence-corrected chi connectivity index (χ4v) is 4.41. The zero-order chi connectivity index (χ0) is 20.0. The zero-order valence-corrected chi connectivity index (χ0v) is 17.7. The minimum Gasteiger partial charge on any atom is -0.368 e. The Morgan fingerprint density at radius 2 is 2.04 bits per heavy atom. The van der Waals surface area contributed by atoms with Crippen LogP contribution in [0.4, 0.5) is 5.95 Å². The van der Waals surface area contributed by atoms with E-state index in [2.05, 4.69) is 37.6 Å². The summed E-state index contributed by atoms with van der Waals surface area (Å²) in [5.74, 6) is 0.508. The fraction of sp³-hybridized carbons (Fsp3) is 0.350. The summed E-state index contributed by atoms with van der Waals surface area (Å²) < 4.78 is 8.55. The van der Waals surface area contributed by atoms with Crippen LogP contribution in [0.5, 0.6) is 0 Å². The maximum Gasteiger partial charge on any atom is 0.263 e. The van der Waals surface area contributed by atoms with Gasteiger partial charge in [-0.2, -0.15) is 4.98 Å². The number of benzene rings is 1. The Labute approximate surface area is 171 Å². The van der Waals surface area contributed by atoms with Crippen molar-refractivity contribution in [1.29, 1.82) is 0 Å². The van der Waals surface area contributed by atoms with Crippen molar-refractivity contribution in [1.82, 2.24) is 19.7 Å². The smallest absolute Gasteiger partial charge is 0.263 e. The number of aromatic amines is 1. The van der Waals surface area contributed by atoms with Gasteiger partial charge < -0.3 is 9.64 Å². The zero-order valence-electron chi connectivity index (χ0n) is 16.1. The van der Waals surface area contributed by atoms with Crippen molar-refractivity contribution >= 4 is 32.9 Å². The second-order valence-corrected chi connectivity index (χ2v) is 8.13. The third kappa shape index (κ3) is 3.38. The Kier molecular flexibility index (Phi) is 4.84. The summed E-state index contributed by atoms with van der Waals surface area (Å²) in [5.41, 5.74) is 3.30. The van der Waals surface area contributed by atoms with Crippen LogP contribution in [-0.2, 0) is 4.74 Å². The Morgan fingerprint density at radius 3 is 2.71 bits per heavy atom. The first kappa shape index (κ1) is 18.9. The number of H-pyrrole nitrogens is 1. The van der Waals surface area contributed by atoms with Gasteiger partial charge in [0.1, 0.15) is 5.39 Å². The molecule has 2 aromatic heterocycles. The van der Waals surface area contributed by atoms with E-state index in [9.17, 15) is 4.79 Å². The molecule has 146 valence electrons. The molecule has 1 N–H and O–H groups in total. The highest BCUT2D eigenvalue weighted by Gasteiger charge is 2.25. The molecule has 1 aliphatic heterocycles. The van der Waals surface area contributed by atoms with Gasteiger partial charge >= 0.3 is 0 Å². The third-order valence-electron chi connectivity index (χ3n) is 4.91. The monoisotopic (exact) mass is 443 g/mol. The predicted octanol–water partition coefficient (Wildman–Crippen LogP) is 3.27. The first-order chi connectivity index (χ1) is 13.4. The van der Waals surface area contributed by atoms with Crippen LogP contribution >= 0.6 is 15.9 Å². The van der Waals surface area contributed by atoms with Crippen LogP contribution < -0.4 is 10.5 Å². The van der Waals surface area contributed by atoms with Gasteiger partial charge in [0.05, 0.1) is 24.4 Å². The number of morpholine rings is 1. The molecule has 1 saturated heterocycles. The maximum absolute atomic E-state index is 12.7. The second-order valence-electron chi connectivity index (χ2n) is 7.21.